The second-order valence-electron chi connectivity index (χ2n) is 8.68. The molecule has 1 aromatic carbocycles. The number of carbonyl (C=O) groups is 1. The lowest BCUT2D eigenvalue weighted by atomic mass is 9.95. The summed E-state index contributed by atoms with van der Waals surface area (Å²) >= 11 is 0. The second-order valence-corrected chi connectivity index (χ2v) is 10.4. The molecule has 9 nitrogen and oxygen atoms in total. The predicted molar refractivity (Wildman–Crippen MR) is 113 cm³/mol. The van der Waals surface area contributed by atoms with E-state index >= 15 is 0 Å². The molecule has 0 radical (unpaired) electrons. The Balaban J connectivity index is 1.28. The van der Waals surface area contributed by atoms with Gasteiger partial charge in [-0.1, -0.05) is 0 Å². The first kappa shape index (κ1) is 20.4. The minimum absolute atomic E-state index is 0.0110. The van der Waals surface area contributed by atoms with Crippen LogP contribution in [-0.4, -0.2) is 60.6 Å². The van der Waals surface area contributed by atoms with Crippen molar-refractivity contribution in [3.05, 3.63) is 35.4 Å². The van der Waals surface area contributed by atoms with E-state index in [-0.39, 0.29) is 28.5 Å². The molecule has 2 heterocycles. The highest BCUT2D eigenvalue weighted by molar-refractivity contribution is 7.89. The first-order valence-electron chi connectivity index (χ1n) is 10.9. The third-order valence-electron chi connectivity index (χ3n) is 6.23. The second kappa shape index (κ2) is 7.90. The number of piperidine rings is 1. The molecule has 2 aliphatic carbocycles. The van der Waals surface area contributed by atoms with Gasteiger partial charge in [-0.15, -0.1) is 0 Å². The number of hydrogen-bond acceptors (Lipinski definition) is 6. The molecule has 2 aromatic rings. The zero-order valence-electron chi connectivity index (χ0n) is 17.5. The Bertz CT molecular complexity index is 1080. The van der Waals surface area contributed by atoms with Gasteiger partial charge in [0.2, 0.25) is 10.0 Å². The van der Waals surface area contributed by atoms with Crippen LogP contribution in [0.25, 0.3) is 0 Å². The van der Waals surface area contributed by atoms with Crippen molar-refractivity contribution in [2.45, 2.75) is 61.3 Å². The standard InChI is InChI=1S/C21H27N5O4S/c1-30-17-7-4-15(12-18(17)31(28,29)25-16-5-6-16)21(27)26-10-8-14(9-11-26)20-22-19(23-24-20)13-2-3-13/h4,7,12-14,16,25H,2-3,5-6,8-11H2,1H3,(H,22,23,24). The highest BCUT2D eigenvalue weighted by Gasteiger charge is 2.33. The van der Waals surface area contributed by atoms with Gasteiger partial charge in [0.05, 0.1) is 7.11 Å². The van der Waals surface area contributed by atoms with Crippen molar-refractivity contribution in [3.8, 4) is 5.75 Å². The molecule has 1 amide bonds. The average molecular weight is 446 g/mol. The molecule has 0 bridgehead atoms. The van der Waals surface area contributed by atoms with Crippen LogP contribution in [0, 0.1) is 0 Å². The van der Waals surface area contributed by atoms with E-state index in [9.17, 15) is 13.2 Å². The number of carbonyl (C=O) groups excluding carboxylic acids is 1. The van der Waals surface area contributed by atoms with E-state index in [1.807, 2.05) is 0 Å². The number of ether oxygens (including phenoxy) is 1. The lowest BCUT2D eigenvalue weighted by Gasteiger charge is -2.31. The number of sulfonamides is 1. The predicted octanol–water partition coefficient (Wildman–Crippen LogP) is 2.15. The molecule has 166 valence electrons. The molecule has 1 aromatic heterocycles. The smallest absolute Gasteiger partial charge is 0.253 e. The molecule has 31 heavy (non-hydrogen) atoms. The molecule has 1 saturated heterocycles. The Kier molecular flexibility index (Phi) is 5.21. The molecule has 2 saturated carbocycles. The van der Waals surface area contributed by atoms with Crippen molar-refractivity contribution in [2.24, 2.45) is 0 Å². The van der Waals surface area contributed by atoms with E-state index in [1.54, 1.807) is 17.0 Å². The summed E-state index contributed by atoms with van der Waals surface area (Å²) in [5.41, 5.74) is 0.353. The SMILES string of the molecule is COc1ccc(C(=O)N2CCC(c3nc(C4CC4)n[nH]3)CC2)cc1S(=O)(=O)NC1CC1. The molecular formula is C21H27N5O4S. The van der Waals surface area contributed by atoms with Crippen molar-refractivity contribution >= 4 is 15.9 Å². The highest BCUT2D eigenvalue weighted by Crippen LogP contribution is 2.38. The maximum atomic E-state index is 13.1. The van der Waals surface area contributed by atoms with Gasteiger partial charge >= 0.3 is 0 Å². The van der Waals surface area contributed by atoms with E-state index in [1.165, 1.54) is 26.0 Å². The van der Waals surface area contributed by atoms with E-state index in [4.69, 9.17) is 4.74 Å². The van der Waals surface area contributed by atoms with Crippen LogP contribution < -0.4 is 9.46 Å². The van der Waals surface area contributed by atoms with Crippen molar-refractivity contribution < 1.29 is 17.9 Å². The van der Waals surface area contributed by atoms with Crippen molar-refractivity contribution in [3.63, 3.8) is 0 Å². The minimum Gasteiger partial charge on any atom is -0.495 e. The summed E-state index contributed by atoms with van der Waals surface area (Å²) < 4.78 is 33.4. The van der Waals surface area contributed by atoms with Crippen LogP contribution in [-0.2, 0) is 10.0 Å². The van der Waals surface area contributed by atoms with Crippen LogP contribution in [0.3, 0.4) is 0 Å². The lowest BCUT2D eigenvalue weighted by Crippen LogP contribution is -2.38. The molecule has 0 unspecified atom stereocenters. The van der Waals surface area contributed by atoms with Gasteiger partial charge in [0.25, 0.3) is 5.91 Å². The summed E-state index contributed by atoms with van der Waals surface area (Å²) in [6.07, 6.45) is 5.61. The number of nitrogens with one attached hydrogen (secondary N) is 2. The van der Waals surface area contributed by atoms with Crippen molar-refractivity contribution in [1.29, 1.82) is 0 Å². The normalized spacial score (nSPS) is 20.1. The van der Waals surface area contributed by atoms with Gasteiger partial charge in [-0.25, -0.2) is 18.1 Å². The largest absolute Gasteiger partial charge is 0.495 e. The maximum absolute atomic E-state index is 13.1. The highest BCUT2D eigenvalue weighted by atomic mass is 32.2. The molecule has 1 aliphatic heterocycles. The number of methoxy groups -OCH3 is 1. The molecule has 10 heteroatoms. The molecule has 0 spiro atoms. The quantitative estimate of drug-likeness (QED) is 0.674. The third-order valence-corrected chi connectivity index (χ3v) is 7.77. The first-order valence-corrected chi connectivity index (χ1v) is 12.3. The first-order chi connectivity index (χ1) is 14.9. The lowest BCUT2D eigenvalue weighted by molar-refractivity contribution is 0.0711. The summed E-state index contributed by atoms with van der Waals surface area (Å²) in [5.74, 6) is 2.68. The maximum Gasteiger partial charge on any atom is 0.253 e. The van der Waals surface area contributed by atoms with Gasteiger partial charge in [0.1, 0.15) is 16.5 Å². The zero-order valence-corrected chi connectivity index (χ0v) is 18.3. The number of likely N-dealkylation sites (tertiary alicyclic amines) is 1. The van der Waals surface area contributed by atoms with Gasteiger partial charge in [0.15, 0.2) is 5.82 Å². The summed E-state index contributed by atoms with van der Waals surface area (Å²) in [7, 11) is -2.31. The summed E-state index contributed by atoms with van der Waals surface area (Å²) in [4.78, 5) is 19.5. The monoisotopic (exact) mass is 445 g/mol. The zero-order chi connectivity index (χ0) is 21.6. The van der Waals surface area contributed by atoms with Crippen LogP contribution in [0.15, 0.2) is 23.1 Å². The van der Waals surface area contributed by atoms with Crippen LogP contribution in [0.1, 0.15) is 72.4 Å². The molecule has 3 fully saturated rings. The number of aromatic amines is 1. The fourth-order valence-electron chi connectivity index (χ4n) is 4.04. The number of hydrogen-bond donors (Lipinski definition) is 2. The fraction of sp³-hybridized carbons (Fsp3) is 0.571. The van der Waals surface area contributed by atoms with Crippen molar-refractivity contribution in [2.75, 3.05) is 20.2 Å². The van der Waals surface area contributed by atoms with E-state index < -0.39 is 10.0 Å². The number of aromatic nitrogens is 3. The average Bonchev–Trinajstić information content (AvgIpc) is 3.73. The molecule has 5 rings (SSSR count). The molecular weight excluding hydrogens is 418 g/mol. The number of nitrogens with zero attached hydrogens (tertiary/aromatic N) is 3. The van der Waals surface area contributed by atoms with Crippen LogP contribution in [0.4, 0.5) is 0 Å². The Morgan fingerprint density at radius 2 is 1.87 bits per heavy atom. The summed E-state index contributed by atoms with van der Waals surface area (Å²) in [5, 5.41) is 7.42. The summed E-state index contributed by atoms with van der Waals surface area (Å²) in [6, 6.07) is 4.58. The van der Waals surface area contributed by atoms with Gasteiger partial charge in [0, 0.05) is 36.5 Å². The Morgan fingerprint density at radius 3 is 2.52 bits per heavy atom. The van der Waals surface area contributed by atoms with E-state index in [0.717, 1.165) is 37.3 Å². The fourth-order valence-corrected chi connectivity index (χ4v) is 5.54. The number of H-pyrrole nitrogens is 1. The van der Waals surface area contributed by atoms with Crippen LogP contribution in [0.5, 0.6) is 5.75 Å². The third kappa shape index (κ3) is 4.31. The van der Waals surface area contributed by atoms with Gasteiger partial charge < -0.3 is 9.64 Å². The Labute approximate surface area is 181 Å². The van der Waals surface area contributed by atoms with Gasteiger partial charge in [-0.05, 0) is 56.7 Å². The van der Waals surface area contributed by atoms with E-state index in [2.05, 4.69) is 19.9 Å². The number of benzene rings is 1. The number of amides is 1. The van der Waals surface area contributed by atoms with Gasteiger partial charge in [-0.2, -0.15) is 5.10 Å². The van der Waals surface area contributed by atoms with Crippen LogP contribution >= 0.6 is 0 Å². The Hall–Kier alpha value is -2.46. The molecule has 0 atom stereocenters. The minimum atomic E-state index is -3.74. The summed E-state index contributed by atoms with van der Waals surface area (Å²) in [6.45, 7) is 1.19. The molecule has 3 aliphatic rings. The molecule has 2 N–H and O–H groups in total. The Morgan fingerprint density at radius 1 is 1.13 bits per heavy atom. The van der Waals surface area contributed by atoms with Crippen LogP contribution in [0.2, 0.25) is 0 Å². The van der Waals surface area contributed by atoms with E-state index in [0.29, 0.717) is 24.6 Å². The van der Waals surface area contributed by atoms with Gasteiger partial charge in [-0.3, -0.25) is 9.89 Å². The van der Waals surface area contributed by atoms with Crippen molar-refractivity contribution in [1.82, 2.24) is 24.8 Å². The number of rotatable bonds is 7. The topological polar surface area (TPSA) is 117 Å².